The van der Waals surface area contributed by atoms with E-state index in [2.05, 4.69) is 9.97 Å². The Bertz CT molecular complexity index is 1050. The molecule has 0 radical (unpaired) electrons. The molecule has 2 aromatic heterocycles. The van der Waals surface area contributed by atoms with E-state index in [1.54, 1.807) is 0 Å². The van der Waals surface area contributed by atoms with E-state index < -0.39 is 36.6 Å². The molecule has 30 heavy (non-hydrogen) atoms. The highest BCUT2D eigenvalue weighted by atomic mass is 19.4. The maximum atomic E-state index is 13.2. The van der Waals surface area contributed by atoms with Gasteiger partial charge in [-0.1, -0.05) is 0 Å². The van der Waals surface area contributed by atoms with Crippen molar-refractivity contribution in [2.24, 2.45) is 0 Å². The predicted octanol–water partition coefficient (Wildman–Crippen LogP) is 5.20. The minimum atomic E-state index is -4.89. The molecule has 3 rings (SSSR count). The number of furan rings is 1. The number of nitrogens with zero attached hydrogens (tertiary/aromatic N) is 4. The molecule has 0 aliphatic heterocycles. The molecule has 0 spiro atoms. The van der Waals surface area contributed by atoms with E-state index in [0.717, 1.165) is 12.1 Å². The molecule has 0 N–H and O–H groups in total. The largest absolute Gasteiger partial charge is 0.459 e. The Morgan fingerprint density at radius 1 is 1.00 bits per heavy atom. The molecule has 0 bridgehead atoms. The molecule has 1 aromatic carbocycles. The van der Waals surface area contributed by atoms with Crippen LogP contribution in [0.1, 0.15) is 16.9 Å². The summed E-state index contributed by atoms with van der Waals surface area (Å²) >= 11 is 0. The summed E-state index contributed by atoms with van der Waals surface area (Å²) in [6, 6.07) is 6.72. The Morgan fingerprint density at radius 2 is 1.70 bits per heavy atom. The van der Waals surface area contributed by atoms with Crippen LogP contribution in [-0.2, 0) is 12.7 Å². The molecule has 11 heteroatoms. The van der Waals surface area contributed by atoms with Crippen molar-refractivity contribution in [3.8, 4) is 17.4 Å². The molecule has 0 unspecified atom stereocenters. The molecule has 156 valence electrons. The van der Waals surface area contributed by atoms with E-state index in [-0.39, 0.29) is 11.4 Å². The first kappa shape index (κ1) is 21.2. The molecule has 0 saturated heterocycles. The highest BCUT2D eigenvalue weighted by molar-refractivity contribution is 5.56. The number of nitriles is 1. The van der Waals surface area contributed by atoms with Crippen molar-refractivity contribution in [1.82, 2.24) is 9.97 Å². The maximum Gasteiger partial charge on any atom is 0.417 e. The SMILES string of the molecule is N#Cc1ccc(N(Cc2ccc(-c3cncnc3)o2)CC(F)(F)F)cc1C(F)(F)F. The summed E-state index contributed by atoms with van der Waals surface area (Å²) in [5.74, 6) is 0.393. The number of hydrogen-bond donors (Lipinski definition) is 0. The normalized spacial score (nSPS) is 11.9. The monoisotopic (exact) mass is 426 g/mol. The second-order valence-corrected chi connectivity index (χ2v) is 6.20. The van der Waals surface area contributed by atoms with Crippen LogP contribution in [0.5, 0.6) is 0 Å². The number of anilines is 1. The quantitative estimate of drug-likeness (QED) is 0.525. The van der Waals surface area contributed by atoms with Gasteiger partial charge in [0.05, 0.1) is 29.3 Å². The molecule has 0 aliphatic rings. The van der Waals surface area contributed by atoms with Crippen LogP contribution in [0.4, 0.5) is 32.0 Å². The van der Waals surface area contributed by atoms with Gasteiger partial charge in [-0.15, -0.1) is 0 Å². The van der Waals surface area contributed by atoms with Gasteiger partial charge in [-0.25, -0.2) is 9.97 Å². The van der Waals surface area contributed by atoms with Crippen LogP contribution >= 0.6 is 0 Å². The number of hydrogen-bond acceptors (Lipinski definition) is 5. The first-order valence-corrected chi connectivity index (χ1v) is 8.34. The Kier molecular flexibility index (Phi) is 5.69. The topological polar surface area (TPSA) is 66.0 Å². The van der Waals surface area contributed by atoms with Crippen molar-refractivity contribution < 1.29 is 30.8 Å². The van der Waals surface area contributed by atoms with Gasteiger partial charge in [-0.05, 0) is 30.3 Å². The van der Waals surface area contributed by atoms with Gasteiger partial charge in [0.15, 0.2) is 0 Å². The van der Waals surface area contributed by atoms with Crippen molar-refractivity contribution >= 4 is 5.69 Å². The fourth-order valence-electron chi connectivity index (χ4n) is 2.75. The van der Waals surface area contributed by atoms with Crippen molar-refractivity contribution in [2.75, 3.05) is 11.4 Å². The maximum absolute atomic E-state index is 13.2. The number of halogens is 6. The van der Waals surface area contributed by atoms with Gasteiger partial charge < -0.3 is 9.32 Å². The summed E-state index contributed by atoms with van der Waals surface area (Å²) in [5, 5.41) is 8.88. The lowest BCUT2D eigenvalue weighted by Crippen LogP contribution is -2.34. The number of aromatic nitrogens is 2. The first-order valence-electron chi connectivity index (χ1n) is 8.34. The standard InChI is InChI=1S/C19H12F6N4O/c20-18(21,22)10-29(14-2-1-12(6-26)16(5-14)19(23,24)25)9-15-3-4-17(30-15)13-7-27-11-28-8-13/h1-5,7-8,11H,9-10H2. The third-order valence-electron chi connectivity index (χ3n) is 4.02. The third-order valence-corrected chi connectivity index (χ3v) is 4.02. The van der Waals surface area contributed by atoms with Crippen molar-refractivity contribution in [3.63, 3.8) is 0 Å². The van der Waals surface area contributed by atoms with Crippen LogP contribution in [-0.4, -0.2) is 22.7 Å². The Balaban J connectivity index is 1.95. The minimum Gasteiger partial charge on any atom is -0.459 e. The van der Waals surface area contributed by atoms with Crippen molar-refractivity contribution in [3.05, 3.63) is 65.9 Å². The van der Waals surface area contributed by atoms with Gasteiger partial charge in [0.25, 0.3) is 0 Å². The Morgan fingerprint density at radius 3 is 2.30 bits per heavy atom. The average Bonchev–Trinajstić information content (AvgIpc) is 3.14. The summed E-state index contributed by atoms with van der Waals surface area (Å²) < 4.78 is 84.4. The smallest absolute Gasteiger partial charge is 0.417 e. The zero-order valence-corrected chi connectivity index (χ0v) is 15.0. The van der Waals surface area contributed by atoms with E-state index >= 15 is 0 Å². The molecule has 0 fully saturated rings. The fraction of sp³-hybridized carbons (Fsp3) is 0.211. The lowest BCUT2D eigenvalue weighted by Gasteiger charge is -2.26. The van der Waals surface area contributed by atoms with Crippen LogP contribution in [0.3, 0.4) is 0 Å². The highest BCUT2D eigenvalue weighted by Gasteiger charge is 2.36. The van der Waals surface area contributed by atoms with Gasteiger partial charge in [-0.2, -0.15) is 31.6 Å². The van der Waals surface area contributed by atoms with Crippen LogP contribution in [0.15, 0.2) is 53.5 Å². The van der Waals surface area contributed by atoms with Crippen molar-refractivity contribution in [1.29, 1.82) is 5.26 Å². The van der Waals surface area contributed by atoms with Gasteiger partial charge in [0.1, 0.15) is 24.4 Å². The van der Waals surface area contributed by atoms with Gasteiger partial charge >= 0.3 is 12.4 Å². The number of rotatable bonds is 5. The fourth-order valence-corrected chi connectivity index (χ4v) is 2.75. The van der Waals surface area contributed by atoms with Crippen LogP contribution in [0.25, 0.3) is 11.3 Å². The zero-order chi connectivity index (χ0) is 21.9. The summed E-state index contributed by atoms with van der Waals surface area (Å²) in [6.07, 6.45) is -5.40. The molecule has 2 heterocycles. The summed E-state index contributed by atoms with van der Waals surface area (Å²) in [6.45, 7) is -1.96. The average molecular weight is 426 g/mol. The lowest BCUT2D eigenvalue weighted by atomic mass is 10.1. The van der Waals surface area contributed by atoms with Crippen LogP contribution < -0.4 is 4.90 Å². The molecule has 0 atom stereocenters. The molecule has 0 aliphatic carbocycles. The molecular formula is C19H12F6N4O. The molecule has 3 aromatic rings. The van der Waals surface area contributed by atoms with E-state index in [9.17, 15) is 26.3 Å². The number of benzene rings is 1. The van der Waals surface area contributed by atoms with E-state index in [1.807, 2.05) is 0 Å². The van der Waals surface area contributed by atoms with Gasteiger partial charge in [-0.3, -0.25) is 0 Å². The molecule has 5 nitrogen and oxygen atoms in total. The Labute approximate surface area is 166 Å². The van der Waals surface area contributed by atoms with E-state index in [0.29, 0.717) is 22.3 Å². The minimum absolute atomic E-state index is 0.0935. The Hall–Kier alpha value is -3.55. The lowest BCUT2D eigenvalue weighted by molar-refractivity contribution is -0.137. The molecule has 0 amide bonds. The third kappa shape index (κ3) is 5.08. The van der Waals surface area contributed by atoms with Crippen molar-refractivity contribution in [2.45, 2.75) is 18.9 Å². The highest BCUT2D eigenvalue weighted by Crippen LogP contribution is 2.35. The number of alkyl halides is 6. The van der Waals surface area contributed by atoms with E-state index in [4.69, 9.17) is 9.68 Å². The van der Waals surface area contributed by atoms with Gasteiger partial charge in [0, 0.05) is 18.1 Å². The second-order valence-electron chi connectivity index (χ2n) is 6.20. The zero-order valence-electron chi connectivity index (χ0n) is 15.0. The van der Waals surface area contributed by atoms with E-state index in [1.165, 1.54) is 36.9 Å². The predicted molar refractivity (Wildman–Crippen MR) is 93.0 cm³/mol. The van der Waals surface area contributed by atoms with Gasteiger partial charge in [0.2, 0.25) is 0 Å². The summed E-state index contributed by atoms with van der Waals surface area (Å²) in [7, 11) is 0. The first-order chi connectivity index (χ1) is 14.1. The molecular weight excluding hydrogens is 414 g/mol. The van der Waals surface area contributed by atoms with Crippen LogP contribution in [0.2, 0.25) is 0 Å². The molecule has 0 saturated carbocycles. The summed E-state index contributed by atoms with van der Waals surface area (Å²) in [5.41, 5.74) is -1.85. The second kappa shape index (κ2) is 8.06. The summed E-state index contributed by atoms with van der Waals surface area (Å²) in [4.78, 5) is 8.32. The van der Waals surface area contributed by atoms with Crippen LogP contribution in [0, 0.1) is 11.3 Å².